The monoisotopic (exact) mass is 405 g/mol. The van der Waals surface area contributed by atoms with Gasteiger partial charge in [-0.1, -0.05) is 6.07 Å². The van der Waals surface area contributed by atoms with Crippen LogP contribution in [0.2, 0.25) is 0 Å². The van der Waals surface area contributed by atoms with Crippen molar-refractivity contribution in [2.75, 3.05) is 21.2 Å². The predicted molar refractivity (Wildman–Crippen MR) is 109 cm³/mol. The molecule has 0 N–H and O–H groups in total. The lowest BCUT2D eigenvalue weighted by Gasteiger charge is -2.11. The molecule has 0 aliphatic carbocycles. The van der Waals surface area contributed by atoms with Gasteiger partial charge >= 0.3 is 0 Å². The van der Waals surface area contributed by atoms with Crippen molar-refractivity contribution in [3.63, 3.8) is 0 Å². The zero-order chi connectivity index (χ0) is 19.6. The molecule has 0 fully saturated rings. The summed E-state index contributed by atoms with van der Waals surface area (Å²) in [6, 6.07) is 13.0. The molecule has 3 rings (SSSR count). The van der Waals surface area contributed by atoms with E-state index in [9.17, 15) is 8.42 Å². The van der Waals surface area contributed by atoms with E-state index in [1.807, 2.05) is 30.3 Å². The highest BCUT2D eigenvalue weighted by Crippen LogP contribution is 2.28. The van der Waals surface area contributed by atoms with Crippen molar-refractivity contribution < 1.29 is 13.2 Å². The third-order valence-electron chi connectivity index (χ3n) is 4.30. The number of thioether (sulfide) groups is 1. The molecule has 8 heteroatoms. The van der Waals surface area contributed by atoms with Gasteiger partial charge in [0.15, 0.2) is 0 Å². The first-order valence-electron chi connectivity index (χ1n) is 8.55. The maximum atomic E-state index is 12.4. The van der Waals surface area contributed by atoms with E-state index in [1.54, 1.807) is 31.0 Å². The summed E-state index contributed by atoms with van der Waals surface area (Å²) in [6.45, 7) is 2.83. The molecule has 2 aromatic carbocycles. The molecule has 0 saturated heterocycles. The van der Waals surface area contributed by atoms with E-state index in [1.165, 1.54) is 18.4 Å². The van der Waals surface area contributed by atoms with E-state index < -0.39 is 10.0 Å². The van der Waals surface area contributed by atoms with Gasteiger partial charge in [0, 0.05) is 25.5 Å². The van der Waals surface area contributed by atoms with Gasteiger partial charge in [-0.05, 0) is 43.3 Å². The van der Waals surface area contributed by atoms with Crippen molar-refractivity contribution in [1.82, 2.24) is 13.9 Å². The second-order valence-electron chi connectivity index (χ2n) is 6.18. The highest BCUT2D eigenvalue weighted by Gasteiger charge is 2.19. The average Bonchev–Trinajstić information content (AvgIpc) is 3.03. The van der Waals surface area contributed by atoms with Crippen molar-refractivity contribution in [3.8, 4) is 5.75 Å². The third-order valence-corrected chi connectivity index (χ3v) is 7.10. The number of methoxy groups -OCH3 is 1. The van der Waals surface area contributed by atoms with Crippen LogP contribution >= 0.6 is 11.8 Å². The number of rotatable bonds is 7. The molecule has 1 aromatic heterocycles. The first-order chi connectivity index (χ1) is 12.9. The summed E-state index contributed by atoms with van der Waals surface area (Å²) < 4.78 is 33.4. The minimum absolute atomic E-state index is 0.257. The highest BCUT2D eigenvalue weighted by atomic mass is 32.2. The van der Waals surface area contributed by atoms with Gasteiger partial charge in [-0.2, -0.15) is 0 Å². The summed E-state index contributed by atoms with van der Waals surface area (Å²) in [7, 11) is 1.23. The fraction of sp³-hybridized carbons (Fsp3) is 0.316. The molecule has 0 atom stereocenters. The van der Waals surface area contributed by atoms with Crippen LogP contribution in [0.3, 0.4) is 0 Å². The number of hydrogen-bond donors (Lipinski definition) is 0. The Kier molecular flexibility index (Phi) is 5.78. The fourth-order valence-electron chi connectivity index (χ4n) is 2.83. The molecule has 27 heavy (non-hydrogen) atoms. The Labute approximate surface area is 164 Å². The molecule has 0 radical (unpaired) electrons. The Hall–Kier alpha value is -2.03. The van der Waals surface area contributed by atoms with Crippen LogP contribution in [0, 0.1) is 0 Å². The second kappa shape index (κ2) is 7.92. The van der Waals surface area contributed by atoms with Gasteiger partial charge in [0.1, 0.15) is 11.6 Å². The van der Waals surface area contributed by atoms with Gasteiger partial charge in [0.05, 0.1) is 28.8 Å². The second-order valence-corrected chi connectivity index (χ2v) is 9.38. The maximum Gasteiger partial charge on any atom is 0.242 e. The van der Waals surface area contributed by atoms with Gasteiger partial charge < -0.3 is 9.30 Å². The van der Waals surface area contributed by atoms with Crippen molar-refractivity contribution in [1.29, 1.82) is 0 Å². The highest BCUT2D eigenvalue weighted by molar-refractivity contribution is 7.98. The van der Waals surface area contributed by atoms with Crippen molar-refractivity contribution in [2.45, 2.75) is 29.0 Å². The summed E-state index contributed by atoms with van der Waals surface area (Å²) in [6.07, 6.45) is 0. The summed E-state index contributed by atoms with van der Waals surface area (Å²) >= 11 is 1.67. The first kappa shape index (κ1) is 19.7. The molecule has 0 amide bonds. The van der Waals surface area contributed by atoms with Crippen LogP contribution in [-0.4, -0.2) is 43.5 Å². The summed E-state index contributed by atoms with van der Waals surface area (Å²) in [5.74, 6) is 2.42. The number of imidazole rings is 1. The minimum atomic E-state index is -3.48. The largest absolute Gasteiger partial charge is 0.497 e. The van der Waals surface area contributed by atoms with Crippen LogP contribution in [-0.2, 0) is 22.3 Å². The molecule has 0 unspecified atom stereocenters. The molecule has 0 saturated carbocycles. The molecular weight excluding hydrogens is 382 g/mol. The number of aryl methyl sites for hydroxylation is 1. The summed E-state index contributed by atoms with van der Waals surface area (Å²) in [4.78, 5) is 6.06. The standard InChI is InChI=1S/C19H23N3O3S2/c1-5-22-18-10-9-16(27(23,24)21(2)3)12-17(18)20-19(22)13-26-15-8-6-7-14(11-15)25-4/h6-12H,5,13H2,1-4H3. The van der Waals surface area contributed by atoms with Gasteiger partial charge in [-0.3, -0.25) is 0 Å². The Bertz CT molecular complexity index is 1060. The summed E-state index contributed by atoms with van der Waals surface area (Å²) in [5.41, 5.74) is 1.64. The van der Waals surface area contributed by atoms with E-state index >= 15 is 0 Å². The van der Waals surface area contributed by atoms with Crippen molar-refractivity contribution in [2.24, 2.45) is 0 Å². The van der Waals surface area contributed by atoms with E-state index in [0.717, 1.165) is 28.5 Å². The number of sulfonamides is 1. The minimum Gasteiger partial charge on any atom is -0.497 e. The zero-order valence-electron chi connectivity index (χ0n) is 15.8. The van der Waals surface area contributed by atoms with Gasteiger partial charge in [-0.15, -0.1) is 11.8 Å². The molecule has 6 nitrogen and oxygen atoms in total. The van der Waals surface area contributed by atoms with Crippen LogP contribution in [0.15, 0.2) is 52.3 Å². The van der Waals surface area contributed by atoms with Crippen LogP contribution < -0.4 is 4.74 Å². The maximum absolute atomic E-state index is 12.4. The fourth-order valence-corrected chi connectivity index (χ4v) is 4.65. The van der Waals surface area contributed by atoms with E-state index in [-0.39, 0.29) is 4.90 Å². The van der Waals surface area contributed by atoms with Crippen LogP contribution in [0.5, 0.6) is 5.75 Å². The zero-order valence-corrected chi connectivity index (χ0v) is 17.5. The molecule has 144 valence electrons. The Morgan fingerprint density at radius 2 is 1.96 bits per heavy atom. The molecule has 3 aromatic rings. The lowest BCUT2D eigenvalue weighted by Crippen LogP contribution is -2.22. The van der Waals surface area contributed by atoms with Gasteiger partial charge in [0.25, 0.3) is 0 Å². The predicted octanol–water partition coefficient (Wildman–Crippen LogP) is 3.61. The molecule has 0 aliphatic heterocycles. The van der Waals surface area contributed by atoms with Gasteiger partial charge in [-0.25, -0.2) is 17.7 Å². The van der Waals surface area contributed by atoms with Crippen molar-refractivity contribution in [3.05, 3.63) is 48.3 Å². The Morgan fingerprint density at radius 1 is 1.19 bits per heavy atom. The van der Waals surface area contributed by atoms with E-state index in [4.69, 9.17) is 9.72 Å². The quantitative estimate of drug-likeness (QED) is 0.562. The topological polar surface area (TPSA) is 64.4 Å². The van der Waals surface area contributed by atoms with Crippen LogP contribution in [0.1, 0.15) is 12.7 Å². The normalized spacial score (nSPS) is 12.0. The summed E-state index contributed by atoms with van der Waals surface area (Å²) in [5, 5.41) is 0. The number of benzene rings is 2. The lowest BCUT2D eigenvalue weighted by atomic mass is 10.3. The third kappa shape index (κ3) is 3.97. The van der Waals surface area contributed by atoms with Crippen molar-refractivity contribution >= 4 is 32.8 Å². The van der Waals surface area contributed by atoms with Gasteiger partial charge in [0.2, 0.25) is 10.0 Å². The average molecular weight is 406 g/mol. The lowest BCUT2D eigenvalue weighted by molar-refractivity contribution is 0.413. The SMILES string of the molecule is CCn1c(CSc2cccc(OC)c2)nc2cc(S(=O)(=O)N(C)C)ccc21. The molecule has 1 heterocycles. The van der Waals surface area contributed by atoms with E-state index in [0.29, 0.717) is 11.3 Å². The smallest absolute Gasteiger partial charge is 0.242 e. The van der Waals surface area contributed by atoms with Crippen LogP contribution in [0.4, 0.5) is 0 Å². The Morgan fingerprint density at radius 3 is 2.63 bits per heavy atom. The number of aromatic nitrogens is 2. The first-order valence-corrected chi connectivity index (χ1v) is 11.0. The Balaban J connectivity index is 1.93. The molecular formula is C19H23N3O3S2. The molecule has 0 spiro atoms. The number of nitrogens with zero attached hydrogens (tertiary/aromatic N) is 3. The number of fused-ring (bicyclic) bond motifs is 1. The number of hydrogen-bond acceptors (Lipinski definition) is 5. The van der Waals surface area contributed by atoms with Crippen LogP contribution in [0.25, 0.3) is 11.0 Å². The van der Waals surface area contributed by atoms with E-state index in [2.05, 4.69) is 11.5 Å². The molecule has 0 aliphatic rings. The molecule has 0 bridgehead atoms. The number of ether oxygens (including phenoxy) is 1.